The first-order valence-corrected chi connectivity index (χ1v) is 5.91. The van der Waals surface area contributed by atoms with Crippen molar-refractivity contribution in [2.75, 3.05) is 6.61 Å². The molecule has 2 N–H and O–H groups in total. The average Bonchev–Trinajstić information content (AvgIpc) is 2.44. The molecule has 0 radical (unpaired) electrons. The summed E-state index contributed by atoms with van der Waals surface area (Å²) in [5, 5.41) is 19.4. The molecule has 0 unspecified atom stereocenters. The highest BCUT2D eigenvalue weighted by atomic mass is 16.5. The van der Waals surface area contributed by atoms with E-state index in [2.05, 4.69) is 0 Å². The zero-order valence-electron chi connectivity index (χ0n) is 10.0. The van der Waals surface area contributed by atoms with E-state index in [1.165, 1.54) is 0 Å². The predicted molar refractivity (Wildman–Crippen MR) is 68.5 cm³/mol. The number of aliphatic hydroxyl groups excluding tert-OH is 1. The molecule has 19 heavy (non-hydrogen) atoms. The van der Waals surface area contributed by atoms with E-state index in [-0.39, 0.29) is 0 Å². The molecule has 0 aliphatic carbocycles. The molecule has 0 fully saturated rings. The number of carbonyl (C=O) groups is 1. The van der Waals surface area contributed by atoms with Gasteiger partial charge in [0.15, 0.2) is 0 Å². The van der Waals surface area contributed by atoms with E-state index >= 15 is 0 Å². The number of fused-ring (bicyclic) bond motifs is 2. The third-order valence-corrected chi connectivity index (χ3v) is 3.52. The number of rotatable bonds is 2. The maximum absolute atomic E-state index is 11.8. The second-order valence-electron chi connectivity index (χ2n) is 4.46. The molecule has 0 saturated carbocycles. The summed E-state index contributed by atoms with van der Waals surface area (Å²) in [6, 6.07) is 13.8. The summed E-state index contributed by atoms with van der Waals surface area (Å²) in [7, 11) is 0. The third-order valence-electron chi connectivity index (χ3n) is 3.52. The van der Waals surface area contributed by atoms with Gasteiger partial charge in [0.25, 0.3) is 0 Å². The SMILES string of the molecule is O=C(O)C1(CO)c2ccccc2Oc2ccccc21. The smallest absolute Gasteiger partial charge is 0.321 e. The fraction of sp³-hybridized carbons (Fsp3) is 0.133. The molecule has 1 heterocycles. The third kappa shape index (κ3) is 1.47. The van der Waals surface area contributed by atoms with Gasteiger partial charge in [-0.3, -0.25) is 4.79 Å². The van der Waals surface area contributed by atoms with E-state index in [0.717, 1.165) is 0 Å². The van der Waals surface area contributed by atoms with Crippen LogP contribution in [0.4, 0.5) is 0 Å². The minimum Gasteiger partial charge on any atom is -0.480 e. The molecule has 4 heteroatoms. The molecular weight excluding hydrogens is 244 g/mol. The van der Waals surface area contributed by atoms with Crippen LogP contribution >= 0.6 is 0 Å². The number of hydrogen-bond donors (Lipinski definition) is 2. The van der Waals surface area contributed by atoms with Gasteiger partial charge in [-0.15, -0.1) is 0 Å². The maximum atomic E-state index is 11.8. The second-order valence-corrected chi connectivity index (χ2v) is 4.46. The Morgan fingerprint density at radius 2 is 1.47 bits per heavy atom. The van der Waals surface area contributed by atoms with Gasteiger partial charge in [0, 0.05) is 11.1 Å². The lowest BCUT2D eigenvalue weighted by molar-refractivity contribution is -0.143. The summed E-state index contributed by atoms with van der Waals surface area (Å²) in [5.74, 6) is -0.145. The lowest BCUT2D eigenvalue weighted by Crippen LogP contribution is -2.42. The summed E-state index contributed by atoms with van der Waals surface area (Å²) in [6.07, 6.45) is 0. The van der Waals surface area contributed by atoms with E-state index in [4.69, 9.17) is 4.74 Å². The molecule has 0 bridgehead atoms. The van der Waals surface area contributed by atoms with Crippen molar-refractivity contribution >= 4 is 5.97 Å². The first-order valence-electron chi connectivity index (χ1n) is 5.91. The molecule has 0 amide bonds. The van der Waals surface area contributed by atoms with E-state index in [1.54, 1.807) is 48.5 Å². The molecule has 2 aromatic carbocycles. The molecular formula is C15H12O4. The predicted octanol–water partition coefficient (Wildman–Crippen LogP) is 2.16. The van der Waals surface area contributed by atoms with Crippen LogP contribution in [0.5, 0.6) is 11.5 Å². The summed E-state index contributed by atoms with van der Waals surface area (Å²) >= 11 is 0. The van der Waals surface area contributed by atoms with Gasteiger partial charge in [-0.25, -0.2) is 0 Å². The van der Waals surface area contributed by atoms with Gasteiger partial charge < -0.3 is 14.9 Å². The molecule has 0 atom stereocenters. The van der Waals surface area contributed by atoms with E-state index in [0.29, 0.717) is 22.6 Å². The Morgan fingerprint density at radius 3 is 1.89 bits per heavy atom. The fourth-order valence-corrected chi connectivity index (χ4v) is 2.55. The van der Waals surface area contributed by atoms with Crippen molar-refractivity contribution in [3.63, 3.8) is 0 Å². The zero-order chi connectivity index (χ0) is 13.5. The standard InChI is InChI=1S/C15H12O4/c16-9-15(14(17)18)10-5-1-3-7-12(10)19-13-8-4-2-6-11(13)15/h1-8,16H,9H2,(H,17,18). The summed E-state index contributed by atoms with van der Waals surface area (Å²) < 4.78 is 5.71. The highest BCUT2D eigenvalue weighted by Crippen LogP contribution is 2.47. The van der Waals surface area contributed by atoms with Crippen LogP contribution in [0.15, 0.2) is 48.5 Å². The molecule has 4 nitrogen and oxygen atoms in total. The highest BCUT2D eigenvalue weighted by molar-refractivity contribution is 5.89. The first kappa shape index (κ1) is 11.7. The summed E-state index contributed by atoms with van der Waals surface area (Å²) in [5.41, 5.74) is -0.516. The lowest BCUT2D eigenvalue weighted by Gasteiger charge is -2.35. The van der Waals surface area contributed by atoms with E-state index < -0.39 is 18.0 Å². The molecule has 1 aliphatic heterocycles. The quantitative estimate of drug-likeness (QED) is 0.864. The van der Waals surface area contributed by atoms with Crippen molar-refractivity contribution in [2.45, 2.75) is 5.41 Å². The Kier molecular flexibility index (Phi) is 2.54. The minimum absolute atomic E-state index is 0.470. The van der Waals surface area contributed by atoms with Crippen LogP contribution in [-0.4, -0.2) is 22.8 Å². The molecule has 0 spiro atoms. The van der Waals surface area contributed by atoms with Crippen LogP contribution in [0.3, 0.4) is 0 Å². The number of benzene rings is 2. The number of aliphatic hydroxyl groups is 1. The maximum Gasteiger partial charge on any atom is 0.321 e. The van der Waals surface area contributed by atoms with Crippen LogP contribution in [-0.2, 0) is 10.2 Å². The number of aliphatic carboxylic acids is 1. The van der Waals surface area contributed by atoms with Crippen molar-refractivity contribution in [1.29, 1.82) is 0 Å². The fourth-order valence-electron chi connectivity index (χ4n) is 2.55. The van der Waals surface area contributed by atoms with Crippen molar-refractivity contribution in [1.82, 2.24) is 0 Å². The normalized spacial score (nSPS) is 15.0. The monoisotopic (exact) mass is 256 g/mol. The van der Waals surface area contributed by atoms with Gasteiger partial charge in [0.1, 0.15) is 16.9 Å². The van der Waals surface area contributed by atoms with Crippen LogP contribution in [0.2, 0.25) is 0 Å². The number of ether oxygens (including phenoxy) is 1. The first-order chi connectivity index (χ1) is 9.20. The summed E-state index contributed by atoms with van der Waals surface area (Å²) in [4.78, 5) is 11.8. The van der Waals surface area contributed by atoms with Crippen LogP contribution in [0.25, 0.3) is 0 Å². The topological polar surface area (TPSA) is 66.8 Å². The largest absolute Gasteiger partial charge is 0.480 e. The molecule has 0 aromatic heterocycles. The van der Waals surface area contributed by atoms with Crippen molar-refractivity contribution < 1.29 is 19.7 Å². The Hall–Kier alpha value is -2.33. The van der Waals surface area contributed by atoms with Gasteiger partial charge in [-0.05, 0) is 12.1 Å². The van der Waals surface area contributed by atoms with Crippen molar-refractivity contribution in [2.24, 2.45) is 0 Å². The van der Waals surface area contributed by atoms with Crippen LogP contribution < -0.4 is 4.74 Å². The Balaban J connectivity index is 2.37. The zero-order valence-corrected chi connectivity index (χ0v) is 10.0. The Bertz CT molecular complexity index is 603. The van der Waals surface area contributed by atoms with Gasteiger partial charge in [0.2, 0.25) is 0 Å². The minimum atomic E-state index is -1.47. The Labute approximate surface area is 109 Å². The average molecular weight is 256 g/mol. The number of hydrogen-bond acceptors (Lipinski definition) is 3. The van der Waals surface area contributed by atoms with Crippen molar-refractivity contribution in [3.8, 4) is 11.5 Å². The van der Waals surface area contributed by atoms with E-state index in [9.17, 15) is 15.0 Å². The number of carboxylic acid groups (broad SMARTS) is 1. The second kappa shape index (κ2) is 4.10. The van der Waals surface area contributed by atoms with Crippen molar-refractivity contribution in [3.05, 3.63) is 59.7 Å². The highest BCUT2D eigenvalue weighted by Gasteiger charge is 2.48. The van der Waals surface area contributed by atoms with Crippen LogP contribution in [0, 0.1) is 0 Å². The summed E-state index contributed by atoms with van der Waals surface area (Å²) in [6.45, 7) is -0.514. The Morgan fingerprint density at radius 1 is 1.00 bits per heavy atom. The van der Waals surface area contributed by atoms with E-state index in [1.807, 2.05) is 0 Å². The molecule has 2 aromatic rings. The van der Waals surface area contributed by atoms with Gasteiger partial charge in [0.05, 0.1) is 6.61 Å². The molecule has 0 saturated heterocycles. The van der Waals surface area contributed by atoms with Gasteiger partial charge in [-0.2, -0.15) is 0 Å². The lowest BCUT2D eigenvalue weighted by atomic mass is 9.73. The van der Waals surface area contributed by atoms with Gasteiger partial charge in [-0.1, -0.05) is 36.4 Å². The molecule has 1 aliphatic rings. The van der Waals surface area contributed by atoms with Gasteiger partial charge >= 0.3 is 5.97 Å². The molecule has 96 valence electrons. The number of para-hydroxylation sites is 2. The molecule has 3 rings (SSSR count). The van der Waals surface area contributed by atoms with Crippen LogP contribution in [0.1, 0.15) is 11.1 Å². The number of carboxylic acids is 1.